The summed E-state index contributed by atoms with van der Waals surface area (Å²) in [6, 6.07) is -1.22. The van der Waals surface area contributed by atoms with E-state index in [0.29, 0.717) is 64.5 Å². The summed E-state index contributed by atoms with van der Waals surface area (Å²) in [5.74, 6) is 0.456. The van der Waals surface area contributed by atoms with Crippen LogP contribution in [-0.2, 0) is 28.8 Å². The molecular weight excluding hydrogens is 917 g/mol. The maximum atomic E-state index is 12.2. The highest BCUT2D eigenvalue weighted by atomic mass is 16.2. The van der Waals surface area contributed by atoms with Crippen LogP contribution in [0.1, 0.15) is 298 Å². The van der Waals surface area contributed by atoms with Crippen LogP contribution in [0.5, 0.6) is 0 Å². The fourth-order valence-corrected chi connectivity index (χ4v) is 8.61. The van der Waals surface area contributed by atoms with Gasteiger partial charge in [-0.3, -0.25) is 45.2 Å². The summed E-state index contributed by atoms with van der Waals surface area (Å²) in [4.78, 5) is 74.9. The van der Waals surface area contributed by atoms with Crippen molar-refractivity contribution in [2.45, 2.75) is 317 Å². The predicted molar refractivity (Wildman–Crippen MR) is 307 cm³/mol. The minimum atomic E-state index is -0.494. The Morgan fingerprint density at radius 3 is 0.890 bits per heavy atom. The lowest BCUT2D eigenvalue weighted by Gasteiger charge is -2.17. The zero-order chi connectivity index (χ0) is 55.0. The maximum Gasteiger partial charge on any atom is 0.338 e. The Bertz CT molecular complexity index is 1340. The minimum absolute atomic E-state index is 0.00902. The molecule has 0 saturated heterocycles. The lowest BCUT2D eigenvalue weighted by molar-refractivity contribution is -0.459. The molecule has 0 aromatic rings. The van der Waals surface area contributed by atoms with Gasteiger partial charge >= 0.3 is 5.96 Å². The fraction of sp³-hybridized carbons (Fsp3) is 0.881. The topological polar surface area (TPSA) is 257 Å². The molecule has 14 heteroatoms. The van der Waals surface area contributed by atoms with Gasteiger partial charge in [0.2, 0.25) is 17.7 Å². The van der Waals surface area contributed by atoms with Gasteiger partial charge in [-0.05, 0) is 70.8 Å². The molecule has 0 saturated carbocycles. The van der Waals surface area contributed by atoms with E-state index in [1.807, 2.05) is 20.8 Å². The average Bonchev–Trinajstić information content (AvgIpc) is 3.36. The Kier molecular flexibility index (Phi) is 58.6. The van der Waals surface area contributed by atoms with E-state index in [0.717, 1.165) is 70.6 Å². The van der Waals surface area contributed by atoms with E-state index in [-0.39, 0.29) is 53.6 Å². The molecule has 3 atom stereocenters. The zero-order valence-electron chi connectivity index (χ0n) is 48.4. The van der Waals surface area contributed by atoms with Crippen LogP contribution < -0.4 is 43.9 Å². The summed E-state index contributed by atoms with van der Waals surface area (Å²) >= 11 is 0. The highest BCUT2D eigenvalue weighted by Crippen LogP contribution is 2.14. The van der Waals surface area contributed by atoms with Crippen LogP contribution in [0.4, 0.5) is 0 Å². The first-order chi connectivity index (χ1) is 35.3. The molecule has 12 N–H and O–H groups in total. The van der Waals surface area contributed by atoms with Crippen molar-refractivity contribution in [3.63, 3.8) is 0 Å². The number of nitrogens with two attached hydrogens (primary N) is 4. The second-order valence-corrected chi connectivity index (χ2v) is 20.4. The summed E-state index contributed by atoms with van der Waals surface area (Å²) in [5.41, 5.74) is 21.8. The lowest BCUT2D eigenvalue weighted by atomic mass is 10.0. The van der Waals surface area contributed by atoms with E-state index in [4.69, 9.17) is 22.9 Å². The number of Topliss-reactive ketones (excluding diaryl/α,β-unsaturated/α-hetero) is 3. The Labute approximate surface area is 448 Å². The normalized spacial score (nSPS) is 12.0. The van der Waals surface area contributed by atoms with Crippen LogP contribution in [0.15, 0.2) is 0 Å². The van der Waals surface area contributed by atoms with Gasteiger partial charge in [0, 0.05) is 45.1 Å². The summed E-state index contributed by atoms with van der Waals surface area (Å²) in [6.45, 7) is 14.0. The van der Waals surface area contributed by atoms with E-state index in [9.17, 15) is 28.8 Å². The number of nitrogens with one attached hydrogen (secondary N) is 4. The van der Waals surface area contributed by atoms with Crippen molar-refractivity contribution in [1.82, 2.24) is 16.0 Å². The second kappa shape index (κ2) is 57.9. The van der Waals surface area contributed by atoms with Crippen molar-refractivity contribution in [3.05, 3.63) is 0 Å². The molecule has 3 unspecified atom stereocenters. The van der Waals surface area contributed by atoms with Gasteiger partial charge in [-0.15, -0.1) is 0 Å². The molecule has 0 rings (SSSR count). The number of amides is 3. The zero-order valence-corrected chi connectivity index (χ0v) is 48.4. The first-order valence-electron chi connectivity index (χ1n) is 30.3. The van der Waals surface area contributed by atoms with Crippen molar-refractivity contribution in [2.24, 2.45) is 22.9 Å². The molecule has 14 nitrogen and oxygen atoms in total. The van der Waals surface area contributed by atoms with Gasteiger partial charge in [0.15, 0.2) is 17.3 Å². The maximum absolute atomic E-state index is 12.2. The Hall–Kier alpha value is -3.39. The molecular formula is C59H119N8O6+. The largest absolute Gasteiger partial charge is 0.346 e. The Morgan fingerprint density at radius 2 is 0.616 bits per heavy atom. The number of unbranched alkanes of at least 4 members (excludes halogenated alkanes) is 24. The fourth-order valence-electron chi connectivity index (χ4n) is 8.61. The van der Waals surface area contributed by atoms with Gasteiger partial charge in [-0.2, -0.15) is 0 Å². The molecule has 430 valence electrons. The monoisotopic (exact) mass is 1040 g/mol. The van der Waals surface area contributed by atoms with Crippen LogP contribution >= 0.6 is 0 Å². The molecule has 0 aliphatic carbocycles. The van der Waals surface area contributed by atoms with E-state index >= 15 is 0 Å². The van der Waals surface area contributed by atoms with Crippen molar-refractivity contribution < 1.29 is 33.8 Å². The predicted octanol–water partition coefficient (Wildman–Crippen LogP) is 10.1. The molecule has 0 aliphatic heterocycles. The molecule has 3 amide bonds. The Balaban J connectivity index is -0.00000101. The number of rotatable bonds is 50. The van der Waals surface area contributed by atoms with E-state index in [1.165, 1.54) is 135 Å². The number of carbonyl (C=O) groups is 6. The number of carbonyl (C=O) groups excluding carboxylic acids is 6. The smallest absolute Gasteiger partial charge is 0.338 e. The summed E-state index contributed by atoms with van der Waals surface area (Å²) in [6.07, 6.45) is 41.6. The van der Waals surface area contributed by atoms with E-state index < -0.39 is 12.1 Å². The minimum Gasteiger partial charge on any atom is -0.346 e. The van der Waals surface area contributed by atoms with Crippen molar-refractivity contribution in [1.29, 1.82) is 0 Å². The van der Waals surface area contributed by atoms with Crippen LogP contribution in [-0.4, -0.2) is 78.8 Å². The average molecular weight is 1040 g/mol. The summed E-state index contributed by atoms with van der Waals surface area (Å²) in [5, 5.41) is 8.61. The van der Waals surface area contributed by atoms with Crippen molar-refractivity contribution in [3.8, 4) is 0 Å². The first-order valence-corrected chi connectivity index (χ1v) is 30.3. The standard InChI is InChI=1S/C21H42N4O2.C20H40N2O2.C18H36N2O2/c1-3-5-6-7-8-9-10-11-12-16-20(27)25-18(19(26)14-4-2)15-13-17-24-21(22)23;1-3-5-6-7-8-9-10-11-12-16-20(24)22-18(15-13-17-21)19(23)14-4-2;1-3-5-6-7-8-9-10-11-12-14-18(22)20-16(15-19)17(21)13-4-2/h18H,3-17H2,1-2H3,(H,25,27)(H4,22,23,24);18H,3-17,21H2,1-2H3,(H,22,24);16H,3-15,19H2,1-2H3,(H,20,22)/p+1. The third-order valence-electron chi connectivity index (χ3n) is 13.1. The molecule has 0 aromatic heterocycles. The van der Waals surface area contributed by atoms with Crippen LogP contribution in [0.3, 0.4) is 0 Å². The number of hydrogen-bond donors (Lipinski definition) is 8. The van der Waals surface area contributed by atoms with Crippen molar-refractivity contribution in [2.75, 3.05) is 19.6 Å². The first kappa shape index (κ1) is 73.9. The molecule has 0 aliphatic rings. The summed E-state index contributed by atoms with van der Waals surface area (Å²) in [7, 11) is 0. The van der Waals surface area contributed by atoms with Gasteiger partial charge in [0.05, 0.1) is 24.7 Å². The SMILES string of the molecule is CCCCCCCCCCCC(=O)NC(CCCN)C(=O)CCC.CCCCCCCCCCCC(=O)NC(CCC[NH+]=C(N)N)C(=O)CCC.CCCCCCCCCCCC(=O)NC(CN)C(=O)CCC. The van der Waals surface area contributed by atoms with Gasteiger partial charge < -0.3 is 27.4 Å². The number of guanidine groups is 1. The molecule has 0 spiro atoms. The van der Waals surface area contributed by atoms with E-state index in [2.05, 4.69) is 41.7 Å². The van der Waals surface area contributed by atoms with Gasteiger partial charge in [0.1, 0.15) is 0 Å². The lowest BCUT2D eigenvalue weighted by Crippen LogP contribution is -2.78. The number of hydrogen-bond acceptors (Lipinski definition) is 8. The van der Waals surface area contributed by atoms with E-state index in [1.54, 1.807) is 0 Å². The van der Waals surface area contributed by atoms with Crippen LogP contribution in [0, 0.1) is 0 Å². The molecule has 73 heavy (non-hydrogen) atoms. The number of ketones is 3. The molecule has 0 bridgehead atoms. The molecule has 0 radical (unpaired) electrons. The van der Waals surface area contributed by atoms with Gasteiger partial charge in [-0.25, -0.2) is 0 Å². The highest BCUT2D eigenvalue weighted by molar-refractivity contribution is 5.90. The third kappa shape index (κ3) is 53.2. The van der Waals surface area contributed by atoms with Crippen LogP contribution in [0.2, 0.25) is 0 Å². The Morgan fingerprint density at radius 1 is 0.342 bits per heavy atom. The summed E-state index contributed by atoms with van der Waals surface area (Å²) < 4.78 is 0. The molecule has 0 fully saturated rings. The van der Waals surface area contributed by atoms with Gasteiger partial charge in [-0.1, -0.05) is 196 Å². The highest BCUT2D eigenvalue weighted by Gasteiger charge is 2.21. The van der Waals surface area contributed by atoms with Crippen LogP contribution in [0.25, 0.3) is 0 Å². The molecule has 0 aromatic carbocycles. The van der Waals surface area contributed by atoms with Crippen molar-refractivity contribution >= 4 is 41.0 Å². The quantitative estimate of drug-likeness (QED) is 0.0162. The third-order valence-corrected chi connectivity index (χ3v) is 13.1. The second-order valence-electron chi connectivity index (χ2n) is 20.4. The molecule has 0 heterocycles. The van der Waals surface area contributed by atoms with Gasteiger partial charge in [0.25, 0.3) is 0 Å².